The predicted molar refractivity (Wildman–Crippen MR) is 107 cm³/mol. The minimum absolute atomic E-state index is 0.948. The van der Waals surface area contributed by atoms with Crippen molar-refractivity contribution in [1.29, 1.82) is 0 Å². The van der Waals surface area contributed by atoms with Gasteiger partial charge >= 0.3 is 0 Å². The molecule has 2 heterocycles. The van der Waals surface area contributed by atoms with E-state index in [0.29, 0.717) is 0 Å². The van der Waals surface area contributed by atoms with Crippen molar-refractivity contribution in [3.05, 3.63) is 0 Å². The molecular formula is C32H25N. The molecule has 0 radical (unpaired) electrons. The average molecular weight is 424 g/mol. The highest BCUT2D eigenvalue weighted by atomic mass is 15.7. The highest BCUT2D eigenvalue weighted by Gasteiger charge is 3.51. The summed E-state index contributed by atoms with van der Waals surface area (Å²) in [6.45, 7) is 0. The van der Waals surface area contributed by atoms with Gasteiger partial charge in [-0.25, -0.2) is 0 Å². The van der Waals surface area contributed by atoms with Crippen LogP contribution in [0.15, 0.2) is 0 Å². The van der Waals surface area contributed by atoms with Crippen molar-refractivity contribution < 1.29 is 0 Å². The Morgan fingerprint density at radius 2 is 1.03 bits per heavy atom. The lowest BCUT2D eigenvalue weighted by Gasteiger charge is -3.50. The first-order valence-electron chi connectivity index (χ1n) is 16.2. The van der Waals surface area contributed by atoms with Gasteiger partial charge in [0.25, 0.3) is 0 Å². The fourth-order valence-corrected chi connectivity index (χ4v) is 31.0. The molecule has 158 valence electrons. The van der Waals surface area contributed by atoms with Crippen LogP contribution < -0.4 is 0 Å². The van der Waals surface area contributed by atoms with Crippen molar-refractivity contribution in [2.75, 3.05) is 0 Å². The molecule has 2 saturated heterocycles. The fourth-order valence-electron chi connectivity index (χ4n) is 31.0. The van der Waals surface area contributed by atoms with Gasteiger partial charge in [0.15, 0.2) is 0 Å². The summed E-state index contributed by atoms with van der Waals surface area (Å²) in [5.41, 5.74) is 12.6. The van der Waals surface area contributed by atoms with Gasteiger partial charge in [-0.2, -0.15) is 0 Å². The molecule has 0 aromatic rings. The topological polar surface area (TPSA) is 3.24 Å². The Kier molecular flexibility index (Phi) is 0.714. The first-order chi connectivity index (χ1) is 16.4. The minimum Gasteiger partial charge on any atom is -0.288 e. The summed E-state index contributed by atoms with van der Waals surface area (Å²) in [7, 11) is 0. The molecule has 19 aliphatic carbocycles. The Balaban J connectivity index is 1.03. The first kappa shape index (κ1) is 12.0. The van der Waals surface area contributed by atoms with Gasteiger partial charge in [-0.15, -0.1) is 0 Å². The molecule has 27 unspecified atom stereocenters. The van der Waals surface area contributed by atoms with Gasteiger partial charge in [0.05, 0.1) is 0 Å². The quantitative estimate of drug-likeness (QED) is 0.579. The Morgan fingerprint density at radius 3 is 1.91 bits per heavy atom. The summed E-state index contributed by atoms with van der Waals surface area (Å²) < 4.78 is 0. The molecule has 1 heteroatoms. The van der Waals surface area contributed by atoms with Crippen molar-refractivity contribution in [2.24, 2.45) is 136 Å². The second kappa shape index (κ2) is 1.96. The first-order valence-corrected chi connectivity index (χ1v) is 16.2. The number of fused-ring (bicyclic) bond motifs is 12. The molecular weight excluding hydrogens is 398 g/mol. The number of hydrogen-bond acceptors (Lipinski definition) is 1. The van der Waals surface area contributed by atoms with Crippen LogP contribution in [-0.4, -0.2) is 22.5 Å². The van der Waals surface area contributed by atoms with E-state index in [-0.39, 0.29) is 0 Å². The highest BCUT2D eigenvalue weighted by Crippen LogP contribution is 3.49. The zero-order valence-electron chi connectivity index (χ0n) is 18.6. The van der Waals surface area contributed by atoms with Crippen molar-refractivity contribution >= 4 is 0 Å². The van der Waals surface area contributed by atoms with E-state index in [1.54, 1.807) is 32.1 Å². The van der Waals surface area contributed by atoms with Gasteiger partial charge in [-0.1, -0.05) is 0 Å². The predicted octanol–water partition coefficient (Wildman–Crippen LogP) is 2.86. The molecule has 21 fully saturated rings. The van der Waals surface area contributed by atoms with Crippen LogP contribution in [0, 0.1) is 136 Å². The van der Waals surface area contributed by atoms with Crippen LogP contribution in [0.5, 0.6) is 0 Å². The lowest BCUT2D eigenvalue weighted by Crippen LogP contribution is -3.52. The van der Waals surface area contributed by atoms with E-state index >= 15 is 0 Å². The molecule has 27 atom stereocenters. The molecule has 33 heavy (non-hydrogen) atoms. The van der Waals surface area contributed by atoms with Crippen molar-refractivity contribution in [1.82, 2.24) is 4.90 Å². The van der Waals surface area contributed by atoms with E-state index in [1.807, 2.05) is 0 Å². The number of rotatable bonds is 0. The summed E-state index contributed by atoms with van der Waals surface area (Å²) in [5, 5.41) is 0. The summed E-state index contributed by atoms with van der Waals surface area (Å²) >= 11 is 0. The Hall–Kier alpha value is -0.0400. The smallest absolute Gasteiger partial charge is 0.0449 e. The lowest BCUT2D eigenvalue weighted by molar-refractivity contribution is -1.04. The van der Waals surface area contributed by atoms with Crippen LogP contribution in [0.4, 0.5) is 0 Å². The largest absolute Gasteiger partial charge is 0.288 e. The van der Waals surface area contributed by atoms with Gasteiger partial charge in [0.2, 0.25) is 0 Å². The molecule has 0 aromatic heterocycles. The maximum absolute atomic E-state index is 3.50. The maximum atomic E-state index is 3.50. The summed E-state index contributed by atoms with van der Waals surface area (Å²) in [4.78, 5) is 3.50. The second-order valence-corrected chi connectivity index (χ2v) is 19.9. The molecule has 19 saturated carbocycles. The number of nitrogens with zero attached hydrogens (tertiary/aromatic N) is 1. The highest BCUT2D eigenvalue weighted by molar-refractivity contribution is 5.97. The third-order valence-electron chi connectivity index (χ3n) is 25.6. The SMILES string of the molecule is C1C2C3CCC4C5C6C7N8C9CC%10C%11CC%12C%13C%14C%15C%16C1C21C34C52C%161C%151C62C72C%141C%131C%11%12C%109C812. The third-order valence-corrected chi connectivity index (χ3v) is 25.6. The minimum atomic E-state index is 0.948. The van der Waals surface area contributed by atoms with E-state index in [9.17, 15) is 0 Å². The normalized spacial score (nSPS) is 124. The van der Waals surface area contributed by atoms with E-state index in [4.69, 9.17) is 0 Å². The van der Waals surface area contributed by atoms with Crippen LogP contribution in [0.25, 0.3) is 0 Å². The van der Waals surface area contributed by atoms with Crippen molar-refractivity contribution in [2.45, 2.75) is 49.7 Å². The van der Waals surface area contributed by atoms with Gasteiger partial charge in [0, 0.05) is 33.9 Å². The van der Waals surface area contributed by atoms with Gasteiger partial charge in [-0.05, 0) is 152 Å². The molecule has 0 aromatic carbocycles. The molecule has 21 rings (SSSR count). The van der Waals surface area contributed by atoms with Gasteiger partial charge in [0.1, 0.15) is 0 Å². The zero-order chi connectivity index (χ0) is 18.8. The van der Waals surface area contributed by atoms with Gasteiger partial charge < -0.3 is 0 Å². The molecule has 21 aliphatic rings. The Bertz CT molecular complexity index is 1740. The molecule has 0 amide bonds. The van der Waals surface area contributed by atoms with E-state index in [1.165, 1.54) is 89.0 Å². The van der Waals surface area contributed by atoms with Crippen LogP contribution >= 0.6 is 0 Å². The van der Waals surface area contributed by atoms with Crippen molar-refractivity contribution in [3.63, 3.8) is 0 Å². The Labute approximate surface area is 191 Å². The summed E-state index contributed by atoms with van der Waals surface area (Å²) in [6.07, 6.45) is 8.72. The van der Waals surface area contributed by atoms with Crippen LogP contribution in [0.2, 0.25) is 0 Å². The monoisotopic (exact) mass is 423 g/mol. The second-order valence-electron chi connectivity index (χ2n) is 19.9. The average Bonchev–Trinajstić information content (AvgIpc) is 3.00. The lowest BCUT2D eigenvalue weighted by atomic mass is 8.55. The fraction of sp³-hybridized carbons (Fsp3) is 1.00. The number of hydrogen-bond donors (Lipinski definition) is 0. The number of piperidine rings is 5. The van der Waals surface area contributed by atoms with E-state index in [2.05, 4.69) is 4.90 Å². The van der Waals surface area contributed by atoms with Crippen LogP contribution in [-0.2, 0) is 0 Å². The molecule has 12 spiro atoms. The molecule has 2 aliphatic heterocycles. The van der Waals surface area contributed by atoms with E-state index < -0.39 is 0 Å². The van der Waals surface area contributed by atoms with E-state index in [0.717, 1.165) is 65.1 Å². The van der Waals surface area contributed by atoms with Crippen LogP contribution in [0.1, 0.15) is 32.1 Å². The third kappa shape index (κ3) is 0.308. The molecule has 0 N–H and O–H groups in total. The Morgan fingerprint density at radius 1 is 0.424 bits per heavy atom. The zero-order valence-corrected chi connectivity index (χ0v) is 18.6. The maximum Gasteiger partial charge on any atom is 0.0449 e. The summed E-state index contributed by atoms with van der Waals surface area (Å²) in [5.74, 6) is 17.2. The summed E-state index contributed by atoms with van der Waals surface area (Å²) in [6, 6.07) is 2.40. The molecule has 0 bridgehead atoms. The van der Waals surface area contributed by atoms with Gasteiger partial charge in [-0.3, -0.25) is 4.90 Å². The molecule has 1 nitrogen and oxygen atoms in total. The standard InChI is InChI=1S/C32H25N/c1-2-7-14-19-20-31-29-18(16-12-4-9-10-5-13-24(10)23(9,12)27(16,29)32(24,31)33(13)20)17-15-11-3-8-6(1)21(7)22(8,11)26(15)25(14,21)30(19,31)28(17,26)29/h6-20H,1-5H2. The van der Waals surface area contributed by atoms with Crippen molar-refractivity contribution in [3.8, 4) is 0 Å². The van der Waals surface area contributed by atoms with Crippen LogP contribution in [0.3, 0.4) is 0 Å².